The summed E-state index contributed by atoms with van der Waals surface area (Å²) in [5.41, 5.74) is 0.370. The van der Waals surface area contributed by atoms with E-state index < -0.39 is 6.10 Å². The largest absolute Gasteiger partial charge is 0.493 e. The number of nitrogens with one attached hydrogen (secondary N) is 1. The van der Waals surface area contributed by atoms with Crippen LogP contribution in [-0.2, 0) is 0 Å². The molecule has 1 aliphatic rings. The highest BCUT2D eigenvalue weighted by Gasteiger charge is 2.26. The normalized spacial score (nSPS) is 19.9. The summed E-state index contributed by atoms with van der Waals surface area (Å²) in [4.78, 5) is 12.5. The Morgan fingerprint density at radius 1 is 1.29 bits per heavy atom. The molecule has 0 saturated heterocycles. The van der Waals surface area contributed by atoms with E-state index in [9.17, 15) is 9.90 Å². The molecule has 0 radical (unpaired) electrons. The topological polar surface area (TPSA) is 77.0 Å². The Morgan fingerprint density at radius 3 is 2.46 bits per heavy atom. The summed E-state index contributed by atoms with van der Waals surface area (Å²) in [6.07, 6.45) is 8.15. The second kappa shape index (κ2) is 8.46. The number of benzene rings is 1. The van der Waals surface area contributed by atoms with E-state index in [0.29, 0.717) is 29.2 Å². The van der Waals surface area contributed by atoms with Crippen molar-refractivity contribution in [3.05, 3.63) is 17.7 Å². The molecule has 0 aromatic heterocycles. The molecule has 2 N–H and O–H groups in total. The minimum Gasteiger partial charge on any atom is -0.493 e. The van der Waals surface area contributed by atoms with E-state index in [2.05, 4.69) is 11.2 Å². The summed E-state index contributed by atoms with van der Waals surface area (Å²) >= 11 is 0. The molecule has 0 bridgehead atoms. The predicted molar refractivity (Wildman–Crippen MR) is 89.6 cm³/mol. The lowest BCUT2D eigenvalue weighted by atomic mass is 9.92. The van der Waals surface area contributed by atoms with Crippen LogP contribution in [0.25, 0.3) is 0 Å². The van der Waals surface area contributed by atoms with Gasteiger partial charge in [0.15, 0.2) is 11.5 Å². The summed E-state index contributed by atoms with van der Waals surface area (Å²) < 4.78 is 16.0. The smallest absolute Gasteiger partial charge is 0.251 e. The molecule has 0 spiro atoms. The van der Waals surface area contributed by atoms with Crippen LogP contribution in [0.4, 0.5) is 0 Å². The Labute approximate surface area is 142 Å². The molecule has 1 aromatic rings. The van der Waals surface area contributed by atoms with Crippen molar-refractivity contribution in [3.8, 4) is 29.6 Å². The van der Waals surface area contributed by atoms with Crippen LogP contribution in [0, 0.1) is 12.3 Å². The monoisotopic (exact) mass is 333 g/mol. The first kappa shape index (κ1) is 18.0. The number of aliphatic hydroxyl groups is 1. The first-order valence-electron chi connectivity index (χ1n) is 7.92. The summed E-state index contributed by atoms with van der Waals surface area (Å²) in [7, 11) is 2.95. The SMILES string of the molecule is C#CCOc1c(OC)cc(C(=O)NC2CCCCC2O)cc1OC. The van der Waals surface area contributed by atoms with Crippen LogP contribution in [0.2, 0.25) is 0 Å². The van der Waals surface area contributed by atoms with Crippen molar-refractivity contribution in [1.82, 2.24) is 5.32 Å². The summed E-state index contributed by atoms with van der Waals surface area (Å²) in [5.74, 6) is 3.16. The second-order valence-electron chi connectivity index (χ2n) is 5.63. The lowest BCUT2D eigenvalue weighted by Crippen LogP contribution is -2.45. The second-order valence-corrected chi connectivity index (χ2v) is 5.63. The molecule has 2 rings (SSSR count). The van der Waals surface area contributed by atoms with E-state index in [1.165, 1.54) is 14.2 Å². The highest BCUT2D eigenvalue weighted by molar-refractivity contribution is 5.95. The molecule has 6 heteroatoms. The number of rotatable bonds is 6. The van der Waals surface area contributed by atoms with E-state index in [0.717, 1.165) is 19.3 Å². The molecule has 130 valence electrons. The fourth-order valence-electron chi connectivity index (χ4n) is 2.80. The fourth-order valence-corrected chi connectivity index (χ4v) is 2.80. The Balaban J connectivity index is 2.23. The quantitative estimate of drug-likeness (QED) is 0.776. The molecule has 24 heavy (non-hydrogen) atoms. The highest BCUT2D eigenvalue weighted by atomic mass is 16.5. The first-order chi connectivity index (χ1) is 11.6. The summed E-state index contributed by atoms with van der Waals surface area (Å²) in [6, 6.07) is 2.90. The summed E-state index contributed by atoms with van der Waals surface area (Å²) in [6.45, 7) is 0.0620. The zero-order valence-electron chi connectivity index (χ0n) is 14.0. The van der Waals surface area contributed by atoms with Crippen LogP contribution in [0.15, 0.2) is 12.1 Å². The number of aliphatic hydroxyl groups excluding tert-OH is 1. The van der Waals surface area contributed by atoms with Crippen LogP contribution in [0.3, 0.4) is 0 Å². The fraction of sp³-hybridized carbons (Fsp3) is 0.500. The molecule has 6 nitrogen and oxygen atoms in total. The minimum atomic E-state index is -0.510. The van der Waals surface area contributed by atoms with Crippen molar-refractivity contribution in [2.24, 2.45) is 0 Å². The predicted octanol–water partition coefficient (Wildman–Crippen LogP) is 1.75. The third-order valence-corrected chi connectivity index (χ3v) is 4.07. The summed E-state index contributed by atoms with van der Waals surface area (Å²) in [5, 5.41) is 12.9. The van der Waals surface area contributed by atoms with Gasteiger partial charge in [0.05, 0.1) is 26.4 Å². The first-order valence-corrected chi connectivity index (χ1v) is 7.92. The maximum atomic E-state index is 12.5. The zero-order chi connectivity index (χ0) is 17.5. The van der Waals surface area contributed by atoms with Gasteiger partial charge in [-0.3, -0.25) is 4.79 Å². The Bertz CT molecular complexity index is 597. The number of ether oxygens (including phenoxy) is 3. The van der Waals surface area contributed by atoms with Crippen LogP contribution in [0.5, 0.6) is 17.2 Å². The highest BCUT2D eigenvalue weighted by Crippen LogP contribution is 2.38. The van der Waals surface area contributed by atoms with Gasteiger partial charge in [-0.25, -0.2) is 0 Å². The molecular weight excluding hydrogens is 310 g/mol. The number of hydrogen-bond acceptors (Lipinski definition) is 5. The van der Waals surface area contributed by atoms with Crippen LogP contribution in [0.1, 0.15) is 36.0 Å². The van der Waals surface area contributed by atoms with E-state index in [-0.39, 0.29) is 18.6 Å². The molecule has 2 atom stereocenters. The number of methoxy groups -OCH3 is 2. The van der Waals surface area contributed by atoms with Crippen LogP contribution < -0.4 is 19.5 Å². The molecule has 1 fully saturated rings. The maximum Gasteiger partial charge on any atom is 0.251 e. The third-order valence-electron chi connectivity index (χ3n) is 4.07. The zero-order valence-corrected chi connectivity index (χ0v) is 14.0. The van der Waals surface area contributed by atoms with Gasteiger partial charge in [0.25, 0.3) is 5.91 Å². The molecule has 1 aliphatic carbocycles. The van der Waals surface area contributed by atoms with E-state index >= 15 is 0 Å². The molecule has 2 unspecified atom stereocenters. The number of amides is 1. The number of hydrogen-bond donors (Lipinski definition) is 2. The van der Waals surface area contributed by atoms with Crippen molar-refractivity contribution >= 4 is 5.91 Å². The van der Waals surface area contributed by atoms with Gasteiger partial charge in [0, 0.05) is 5.56 Å². The van der Waals surface area contributed by atoms with Gasteiger partial charge in [-0.1, -0.05) is 18.8 Å². The molecule has 0 heterocycles. The molecule has 1 aromatic carbocycles. The average Bonchev–Trinajstić information content (AvgIpc) is 2.61. The Hall–Kier alpha value is -2.39. The standard InChI is InChI=1S/C18H23NO5/c1-4-9-24-17-15(22-2)10-12(11-16(17)23-3)18(21)19-13-7-5-6-8-14(13)20/h1,10-11,13-14,20H,5-9H2,2-3H3,(H,19,21). The number of terminal acetylenes is 1. The van der Waals surface area contributed by atoms with E-state index in [1.807, 2.05) is 0 Å². The van der Waals surface area contributed by atoms with Gasteiger partial charge in [-0.15, -0.1) is 6.42 Å². The van der Waals surface area contributed by atoms with Crippen molar-refractivity contribution < 1.29 is 24.1 Å². The van der Waals surface area contributed by atoms with E-state index in [4.69, 9.17) is 20.6 Å². The van der Waals surface area contributed by atoms with Crippen molar-refractivity contribution in [3.63, 3.8) is 0 Å². The van der Waals surface area contributed by atoms with Gasteiger partial charge in [-0.2, -0.15) is 0 Å². The van der Waals surface area contributed by atoms with Crippen LogP contribution in [-0.4, -0.2) is 44.0 Å². The van der Waals surface area contributed by atoms with Crippen molar-refractivity contribution in [1.29, 1.82) is 0 Å². The van der Waals surface area contributed by atoms with Gasteiger partial charge in [0.2, 0.25) is 5.75 Å². The average molecular weight is 333 g/mol. The van der Waals surface area contributed by atoms with Gasteiger partial charge >= 0.3 is 0 Å². The molecule has 0 aliphatic heterocycles. The molecular formula is C18H23NO5. The van der Waals surface area contributed by atoms with Crippen molar-refractivity contribution in [2.45, 2.75) is 37.8 Å². The van der Waals surface area contributed by atoms with Crippen LogP contribution >= 0.6 is 0 Å². The van der Waals surface area contributed by atoms with Crippen molar-refractivity contribution in [2.75, 3.05) is 20.8 Å². The van der Waals surface area contributed by atoms with Gasteiger partial charge in [-0.05, 0) is 25.0 Å². The Morgan fingerprint density at radius 2 is 1.92 bits per heavy atom. The molecule has 1 saturated carbocycles. The maximum absolute atomic E-state index is 12.5. The van der Waals surface area contributed by atoms with E-state index in [1.54, 1.807) is 12.1 Å². The molecule has 1 amide bonds. The van der Waals surface area contributed by atoms with Gasteiger partial charge < -0.3 is 24.6 Å². The number of carbonyl (C=O) groups excluding carboxylic acids is 1. The lowest BCUT2D eigenvalue weighted by molar-refractivity contribution is 0.0717. The lowest BCUT2D eigenvalue weighted by Gasteiger charge is -2.28. The Kier molecular flexibility index (Phi) is 6.33. The minimum absolute atomic E-state index is 0.0620. The number of carbonyl (C=O) groups is 1. The van der Waals surface area contributed by atoms with Gasteiger partial charge in [0.1, 0.15) is 6.61 Å². The third kappa shape index (κ3) is 4.12.